The first-order valence-corrected chi connectivity index (χ1v) is 9.99. The summed E-state index contributed by atoms with van der Waals surface area (Å²) in [7, 11) is 1.66. The van der Waals surface area contributed by atoms with Gasteiger partial charge in [0.25, 0.3) is 0 Å². The van der Waals surface area contributed by atoms with Gasteiger partial charge >= 0.3 is 0 Å². The molecular formula is C23H29N3O2. The van der Waals surface area contributed by atoms with Gasteiger partial charge in [0.15, 0.2) is 0 Å². The normalized spacial score (nSPS) is 24.6. The minimum atomic E-state index is -0.0848. The standard InChI is InChI=1S/C23H29N3O2/c1-13-24-12-16-11-23(5)17-10-19(28-6)18(26-14(2)27)9-15(17)7-8-20(23)22(3,4)21(16)25-13/h9-10,12,20H,7-8,11H2,1-6H3,(H,26,27)/t20?,23-/m1/s1. The molecule has 148 valence electrons. The molecule has 2 aliphatic rings. The van der Waals surface area contributed by atoms with Crippen molar-refractivity contribution < 1.29 is 9.53 Å². The Balaban J connectivity index is 1.88. The Hall–Kier alpha value is -2.43. The number of benzene rings is 1. The molecule has 0 fully saturated rings. The van der Waals surface area contributed by atoms with Gasteiger partial charge in [-0.2, -0.15) is 0 Å². The van der Waals surface area contributed by atoms with Crippen LogP contribution in [-0.4, -0.2) is 23.0 Å². The fourth-order valence-corrected chi connectivity index (χ4v) is 5.74. The van der Waals surface area contributed by atoms with E-state index in [-0.39, 0.29) is 16.7 Å². The van der Waals surface area contributed by atoms with E-state index in [2.05, 4.69) is 43.2 Å². The molecule has 28 heavy (non-hydrogen) atoms. The second-order valence-electron chi connectivity index (χ2n) is 9.09. The molecule has 0 saturated heterocycles. The Morgan fingerprint density at radius 3 is 2.68 bits per heavy atom. The maximum atomic E-state index is 11.6. The number of nitrogens with zero attached hydrogens (tertiary/aromatic N) is 2. The van der Waals surface area contributed by atoms with E-state index < -0.39 is 0 Å². The van der Waals surface area contributed by atoms with Gasteiger partial charge in [0, 0.05) is 24.0 Å². The number of nitrogens with one attached hydrogen (secondary N) is 1. The predicted molar refractivity (Wildman–Crippen MR) is 110 cm³/mol. The highest BCUT2D eigenvalue weighted by molar-refractivity contribution is 5.90. The molecule has 0 aliphatic heterocycles. The van der Waals surface area contributed by atoms with E-state index in [1.54, 1.807) is 7.11 Å². The molecule has 0 radical (unpaired) electrons. The summed E-state index contributed by atoms with van der Waals surface area (Å²) in [5.74, 6) is 1.96. The van der Waals surface area contributed by atoms with Gasteiger partial charge in [0.2, 0.25) is 5.91 Å². The van der Waals surface area contributed by atoms with Gasteiger partial charge in [-0.1, -0.05) is 20.8 Å². The molecule has 2 atom stereocenters. The Kier molecular flexibility index (Phi) is 4.25. The molecule has 1 N–H and O–H groups in total. The smallest absolute Gasteiger partial charge is 0.221 e. The summed E-state index contributed by atoms with van der Waals surface area (Å²) in [6.45, 7) is 10.5. The molecule has 2 aliphatic carbocycles. The van der Waals surface area contributed by atoms with Crippen LogP contribution in [0.25, 0.3) is 0 Å². The van der Waals surface area contributed by atoms with Crippen molar-refractivity contribution in [3.8, 4) is 5.75 Å². The molecule has 4 rings (SSSR count). The quantitative estimate of drug-likeness (QED) is 0.853. The van der Waals surface area contributed by atoms with E-state index in [1.807, 2.05) is 13.1 Å². The number of carbonyl (C=O) groups excluding carboxylic acids is 1. The molecule has 0 spiro atoms. The number of hydrogen-bond acceptors (Lipinski definition) is 4. The summed E-state index contributed by atoms with van der Waals surface area (Å²) in [6, 6.07) is 4.24. The second kappa shape index (κ2) is 6.29. The summed E-state index contributed by atoms with van der Waals surface area (Å²) in [6.07, 6.45) is 5.03. The number of anilines is 1. The summed E-state index contributed by atoms with van der Waals surface area (Å²) < 4.78 is 5.63. The number of aromatic nitrogens is 2. The van der Waals surface area contributed by atoms with Crippen LogP contribution in [0, 0.1) is 12.8 Å². The van der Waals surface area contributed by atoms with Crippen molar-refractivity contribution in [1.29, 1.82) is 0 Å². The first kappa shape index (κ1) is 18.9. The van der Waals surface area contributed by atoms with E-state index in [0.717, 1.165) is 36.5 Å². The number of ether oxygens (including phenoxy) is 1. The van der Waals surface area contributed by atoms with Crippen molar-refractivity contribution in [3.05, 3.63) is 46.5 Å². The molecule has 5 nitrogen and oxygen atoms in total. The third kappa shape index (κ3) is 2.71. The lowest BCUT2D eigenvalue weighted by Gasteiger charge is -2.54. The molecule has 1 amide bonds. The lowest BCUT2D eigenvalue weighted by atomic mass is 9.50. The monoisotopic (exact) mass is 379 g/mol. The number of aryl methyl sites for hydroxylation is 2. The van der Waals surface area contributed by atoms with Gasteiger partial charge in [-0.15, -0.1) is 0 Å². The van der Waals surface area contributed by atoms with Crippen LogP contribution < -0.4 is 10.1 Å². The highest BCUT2D eigenvalue weighted by Crippen LogP contribution is 2.56. The molecule has 1 unspecified atom stereocenters. The summed E-state index contributed by atoms with van der Waals surface area (Å²) >= 11 is 0. The number of hydrogen-bond donors (Lipinski definition) is 1. The molecule has 0 saturated carbocycles. The Bertz CT molecular complexity index is 967. The molecular weight excluding hydrogens is 350 g/mol. The van der Waals surface area contributed by atoms with Crippen LogP contribution >= 0.6 is 0 Å². The van der Waals surface area contributed by atoms with Crippen molar-refractivity contribution >= 4 is 11.6 Å². The van der Waals surface area contributed by atoms with Crippen LogP contribution in [0.3, 0.4) is 0 Å². The average Bonchev–Trinajstić information content (AvgIpc) is 2.61. The zero-order valence-electron chi connectivity index (χ0n) is 17.6. The molecule has 1 heterocycles. The summed E-state index contributed by atoms with van der Waals surface area (Å²) in [4.78, 5) is 20.9. The molecule has 0 bridgehead atoms. The van der Waals surface area contributed by atoms with Crippen LogP contribution in [0.15, 0.2) is 18.3 Å². The third-order valence-corrected chi connectivity index (χ3v) is 6.85. The largest absolute Gasteiger partial charge is 0.495 e. The number of carbonyl (C=O) groups is 1. The van der Waals surface area contributed by atoms with Crippen molar-refractivity contribution in [1.82, 2.24) is 9.97 Å². The topological polar surface area (TPSA) is 64.1 Å². The van der Waals surface area contributed by atoms with Gasteiger partial charge in [0.1, 0.15) is 11.6 Å². The number of amides is 1. The highest BCUT2D eigenvalue weighted by Gasteiger charge is 2.53. The van der Waals surface area contributed by atoms with Crippen LogP contribution in [0.4, 0.5) is 5.69 Å². The zero-order chi connectivity index (χ0) is 20.3. The van der Waals surface area contributed by atoms with Gasteiger partial charge in [0.05, 0.1) is 18.5 Å². The van der Waals surface area contributed by atoms with Crippen LogP contribution in [0.2, 0.25) is 0 Å². The average molecular weight is 380 g/mol. The van der Waals surface area contributed by atoms with Crippen LogP contribution in [0.1, 0.15) is 62.3 Å². The fraction of sp³-hybridized carbons (Fsp3) is 0.522. The van der Waals surface area contributed by atoms with Gasteiger partial charge in [-0.05, 0) is 60.9 Å². The maximum Gasteiger partial charge on any atom is 0.221 e. The minimum absolute atomic E-state index is 0.0231. The molecule has 2 aromatic rings. The first-order chi connectivity index (χ1) is 13.2. The van der Waals surface area contributed by atoms with Gasteiger partial charge < -0.3 is 10.1 Å². The van der Waals surface area contributed by atoms with Gasteiger partial charge in [-0.3, -0.25) is 4.79 Å². The SMILES string of the molecule is COc1cc2c(cc1NC(C)=O)CCC1C(C)(C)c3nc(C)ncc3C[C@]21C. The molecule has 1 aromatic carbocycles. The van der Waals surface area contributed by atoms with E-state index in [4.69, 9.17) is 9.72 Å². The van der Waals surface area contributed by atoms with E-state index in [1.165, 1.54) is 29.3 Å². The van der Waals surface area contributed by atoms with E-state index in [0.29, 0.717) is 5.92 Å². The number of rotatable bonds is 2. The van der Waals surface area contributed by atoms with Crippen LogP contribution in [-0.2, 0) is 28.5 Å². The van der Waals surface area contributed by atoms with E-state index >= 15 is 0 Å². The Morgan fingerprint density at radius 2 is 2.00 bits per heavy atom. The Morgan fingerprint density at radius 1 is 1.25 bits per heavy atom. The van der Waals surface area contributed by atoms with Crippen molar-refractivity contribution in [2.24, 2.45) is 5.92 Å². The second-order valence-corrected chi connectivity index (χ2v) is 9.09. The third-order valence-electron chi connectivity index (χ3n) is 6.85. The van der Waals surface area contributed by atoms with E-state index in [9.17, 15) is 4.79 Å². The first-order valence-electron chi connectivity index (χ1n) is 9.99. The highest BCUT2D eigenvalue weighted by atomic mass is 16.5. The Labute approximate surface area is 166 Å². The fourth-order valence-electron chi connectivity index (χ4n) is 5.74. The predicted octanol–water partition coefficient (Wildman–Crippen LogP) is 4.11. The van der Waals surface area contributed by atoms with Crippen molar-refractivity contribution in [2.75, 3.05) is 12.4 Å². The minimum Gasteiger partial charge on any atom is -0.495 e. The lowest BCUT2D eigenvalue weighted by Crippen LogP contribution is -2.52. The zero-order valence-corrected chi connectivity index (χ0v) is 17.6. The lowest BCUT2D eigenvalue weighted by molar-refractivity contribution is -0.114. The van der Waals surface area contributed by atoms with Gasteiger partial charge in [-0.25, -0.2) is 9.97 Å². The van der Waals surface area contributed by atoms with Crippen molar-refractivity contribution in [3.63, 3.8) is 0 Å². The van der Waals surface area contributed by atoms with Crippen LogP contribution in [0.5, 0.6) is 5.75 Å². The summed E-state index contributed by atoms with van der Waals surface area (Å²) in [5.41, 5.74) is 5.77. The number of methoxy groups -OCH3 is 1. The van der Waals surface area contributed by atoms with Crippen molar-refractivity contribution in [2.45, 2.75) is 64.7 Å². The number of fused-ring (bicyclic) bond motifs is 4. The maximum absolute atomic E-state index is 11.6. The molecule has 1 aromatic heterocycles. The summed E-state index contributed by atoms with van der Waals surface area (Å²) in [5, 5.41) is 2.91. The molecule has 5 heteroatoms.